The molecular weight excluding hydrogens is 1250 g/mol. The molecule has 6 aromatic carbocycles. The average Bonchev–Trinajstić information content (AvgIpc) is 1.78. The minimum Gasteiger partial charge on any atom is -0.508 e. The van der Waals surface area contributed by atoms with Crippen LogP contribution in [0.4, 0.5) is 0 Å². The molecule has 0 atom stereocenters. The second-order valence-corrected chi connectivity index (χ2v) is 21.4. The molecule has 0 radical (unpaired) electrons. The van der Waals surface area contributed by atoms with Gasteiger partial charge in [0.15, 0.2) is 23.1 Å². The number of phenolic OH excluding ortho intramolecular Hbond substituents is 3. The first kappa shape index (κ1) is 68.8. The van der Waals surface area contributed by atoms with Gasteiger partial charge in [-0.1, -0.05) is 77.9 Å². The van der Waals surface area contributed by atoms with E-state index in [1.807, 2.05) is 41.5 Å². The summed E-state index contributed by atoms with van der Waals surface area (Å²) in [5.74, 6) is -0.793. The number of aromatic hydroxyl groups is 3. The van der Waals surface area contributed by atoms with Crippen LogP contribution in [-0.2, 0) is 14.4 Å². The average molecular weight is 1310 g/mol. The Hall–Kier alpha value is -11.7. The Morgan fingerprint density at radius 3 is 1.16 bits per heavy atom. The number of ketones is 3. The molecule has 23 heteroatoms. The Morgan fingerprint density at radius 1 is 0.462 bits per heavy atom. The van der Waals surface area contributed by atoms with Crippen molar-refractivity contribution in [3.63, 3.8) is 0 Å². The molecule has 474 valence electrons. The SMILES string of the molecule is CC.CC.CC.O=C(O)/C=C/c1ccc(Oc2c(C(=O)c3ccn[nH]3)sc3cc(O)ccc23)cc1.O=C(O)/C=C/c1ccc(Oc2c(C(=O)c3ccoc3)sc3cc(O)ccc23)cc1.O=C(O)/C=C/c1ccc(Oc2c(C(=O)c3ncc[nH]3)sc3cc(O)ccc23)cc1. The van der Waals surface area contributed by atoms with Crippen molar-refractivity contribution in [1.82, 2.24) is 20.2 Å². The zero-order chi connectivity index (χ0) is 67.1. The Kier molecular flexibility index (Phi) is 24.6. The van der Waals surface area contributed by atoms with Crippen molar-refractivity contribution in [3.8, 4) is 51.7 Å². The van der Waals surface area contributed by atoms with E-state index in [2.05, 4.69) is 20.2 Å². The monoisotopic (exact) mass is 1310 g/mol. The van der Waals surface area contributed by atoms with Gasteiger partial charge in [0.25, 0.3) is 0 Å². The third kappa shape index (κ3) is 18.0. The predicted molar refractivity (Wildman–Crippen MR) is 360 cm³/mol. The molecule has 0 saturated heterocycles. The first-order valence-corrected chi connectivity index (χ1v) is 31.0. The Labute approximate surface area is 543 Å². The van der Waals surface area contributed by atoms with Crippen molar-refractivity contribution in [2.45, 2.75) is 41.5 Å². The number of thiophene rings is 3. The number of ether oxygens (including phenoxy) is 3. The molecule has 0 aliphatic rings. The number of rotatable bonds is 18. The van der Waals surface area contributed by atoms with Gasteiger partial charge in [0.1, 0.15) is 61.1 Å². The van der Waals surface area contributed by atoms with Crippen molar-refractivity contribution >= 4 is 118 Å². The highest BCUT2D eigenvalue weighted by Crippen LogP contribution is 2.45. The lowest BCUT2D eigenvalue weighted by atomic mass is 10.1. The summed E-state index contributed by atoms with van der Waals surface area (Å²) in [5, 5.41) is 64.1. The van der Waals surface area contributed by atoms with Crippen LogP contribution in [0, 0.1) is 0 Å². The van der Waals surface area contributed by atoms with E-state index in [0.717, 1.165) is 18.2 Å². The molecule has 12 rings (SSSR count). The number of hydrogen-bond donors (Lipinski definition) is 8. The van der Waals surface area contributed by atoms with Crippen LogP contribution >= 0.6 is 34.0 Å². The predicted octanol–water partition coefficient (Wildman–Crippen LogP) is 17.3. The van der Waals surface area contributed by atoms with Crippen molar-refractivity contribution < 1.29 is 78.0 Å². The van der Waals surface area contributed by atoms with E-state index in [0.29, 0.717) is 107 Å². The Morgan fingerprint density at radius 2 is 0.839 bits per heavy atom. The number of aliphatic carboxylic acids is 3. The molecule has 12 aromatic rings. The summed E-state index contributed by atoms with van der Waals surface area (Å²) in [6.45, 7) is 12.0. The lowest BCUT2D eigenvalue weighted by Gasteiger charge is -2.07. The number of imidazole rings is 1. The van der Waals surface area contributed by atoms with E-state index in [-0.39, 0.29) is 40.4 Å². The minimum atomic E-state index is -1.03. The van der Waals surface area contributed by atoms with Crippen LogP contribution in [0.15, 0.2) is 193 Å². The van der Waals surface area contributed by atoms with Crippen LogP contribution in [0.25, 0.3) is 48.5 Å². The lowest BCUT2D eigenvalue weighted by molar-refractivity contribution is -0.132. The van der Waals surface area contributed by atoms with Crippen LogP contribution in [0.5, 0.6) is 51.7 Å². The van der Waals surface area contributed by atoms with Crippen LogP contribution < -0.4 is 14.2 Å². The summed E-state index contributed by atoms with van der Waals surface area (Å²) in [5.41, 5.74) is 2.84. The molecule has 0 spiro atoms. The maximum atomic E-state index is 12.9. The van der Waals surface area contributed by atoms with Crippen LogP contribution in [0.1, 0.15) is 104 Å². The number of H-pyrrole nitrogens is 2. The van der Waals surface area contributed by atoms with Crippen LogP contribution in [0.2, 0.25) is 0 Å². The van der Waals surface area contributed by atoms with E-state index >= 15 is 0 Å². The van der Waals surface area contributed by atoms with Gasteiger partial charge in [0, 0.05) is 67.1 Å². The van der Waals surface area contributed by atoms with Crippen molar-refractivity contribution in [1.29, 1.82) is 0 Å². The normalized spacial score (nSPS) is 10.6. The largest absolute Gasteiger partial charge is 0.508 e. The molecule has 6 aromatic heterocycles. The first-order valence-electron chi connectivity index (χ1n) is 28.5. The molecule has 20 nitrogen and oxygen atoms in total. The molecule has 0 bridgehead atoms. The van der Waals surface area contributed by atoms with Gasteiger partial charge in [-0.2, -0.15) is 5.10 Å². The maximum absolute atomic E-state index is 12.9. The molecule has 8 N–H and O–H groups in total. The number of nitrogens with one attached hydrogen (secondary N) is 2. The molecule has 0 saturated carbocycles. The molecule has 0 aliphatic heterocycles. The number of carbonyl (C=O) groups excluding carboxylic acids is 3. The zero-order valence-corrected chi connectivity index (χ0v) is 53.0. The fourth-order valence-corrected chi connectivity index (χ4v) is 11.6. The fourth-order valence-electron chi connectivity index (χ4n) is 8.26. The summed E-state index contributed by atoms with van der Waals surface area (Å²) < 4.78 is 25.3. The van der Waals surface area contributed by atoms with Crippen molar-refractivity contribution in [2.24, 2.45) is 0 Å². The van der Waals surface area contributed by atoms with Gasteiger partial charge >= 0.3 is 17.9 Å². The number of hydrogen-bond acceptors (Lipinski definition) is 18. The highest BCUT2D eigenvalue weighted by Gasteiger charge is 2.26. The lowest BCUT2D eigenvalue weighted by Crippen LogP contribution is -2.02. The number of aromatic nitrogens is 4. The van der Waals surface area contributed by atoms with Crippen LogP contribution in [-0.4, -0.2) is 86.1 Å². The molecule has 0 unspecified atom stereocenters. The second kappa shape index (κ2) is 33.2. The topological polar surface area (TPSA) is 322 Å². The zero-order valence-electron chi connectivity index (χ0n) is 50.5. The number of carboxylic acids is 3. The molecule has 6 heterocycles. The van der Waals surface area contributed by atoms with E-state index in [9.17, 15) is 44.1 Å². The summed E-state index contributed by atoms with van der Waals surface area (Å²) in [7, 11) is 0. The van der Waals surface area contributed by atoms with Gasteiger partial charge in [0.05, 0.1) is 11.8 Å². The van der Waals surface area contributed by atoms with Gasteiger partial charge < -0.3 is 54.3 Å². The third-order valence-corrected chi connectivity index (χ3v) is 15.7. The molecule has 0 aliphatic carbocycles. The van der Waals surface area contributed by atoms with Gasteiger partial charge in [-0.25, -0.2) is 19.4 Å². The van der Waals surface area contributed by atoms with E-state index in [4.69, 9.17) is 33.9 Å². The number of fused-ring (bicyclic) bond motifs is 3. The summed E-state index contributed by atoms with van der Waals surface area (Å²) in [6.07, 6.45) is 14.9. The maximum Gasteiger partial charge on any atom is 0.328 e. The molecule has 93 heavy (non-hydrogen) atoms. The smallest absolute Gasteiger partial charge is 0.328 e. The van der Waals surface area contributed by atoms with Crippen LogP contribution in [0.3, 0.4) is 0 Å². The fraction of sp³-hybridized carbons (Fsp3) is 0.0857. The quantitative estimate of drug-likeness (QED) is 0.0292. The molecule has 0 fully saturated rings. The summed E-state index contributed by atoms with van der Waals surface area (Å²) in [6, 6.07) is 38.0. The van der Waals surface area contributed by atoms with Crippen molar-refractivity contribution in [3.05, 3.63) is 237 Å². The van der Waals surface area contributed by atoms with Gasteiger partial charge in [-0.05, 0) is 138 Å². The number of furan rings is 1. The highest BCUT2D eigenvalue weighted by atomic mass is 32.1. The number of benzene rings is 6. The first-order chi connectivity index (χ1) is 45.0. The van der Waals surface area contributed by atoms with Gasteiger partial charge in [-0.3, -0.25) is 19.5 Å². The molecule has 0 amide bonds. The Bertz CT molecular complexity index is 4140. The number of nitrogens with zero attached hydrogens (tertiary/aromatic N) is 2. The van der Waals surface area contributed by atoms with Gasteiger partial charge in [0.2, 0.25) is 17.3 Å². The number of aromatic amines is 2. The number of carboxylic acid groups (broad SMARTS) is 3. The van der Waals surface area contributed by atoms with E-state index in [1.165, 1.54) is 95.4 Å². The highest BCUT2D eigenvalue weighted by molar-refractivity contribution is 7.22. The summed E-state index contributed by atoms with van der Waals surface area (Å²) in [4.78, 5) is 78.5. The van der Waals surface area contributed by atoms with Crippen molar-refractivity contribution in [2.75, 3.05) is 0 Å². The van der Waals surface area contributed by atoms with E-state index < -0.39 is 17.9 Å². The second-order valence-electron chi connectivity index (χ2n) is 18.3. The Balaban J connectivity index is 0.000000190. The number of carbonyl (C=O) groups is 6. The third-order valence-electron chi connectivity index (χ3n) is 12.3. The minimum absolute atomic E-state index is 0.0943. The molecular formula is C70H60N4O16S3. The van der Waals surface area contributed by atoms with E-state index in [1.54, 1.807) is 128 Å². The summed E-state index contributed by atoms with van der Waals surface area (Å²) >= 11 is 3.65. The number of phenols is 3. The standard InChI is InChI=1S/C22H14O6S.2C21H14N2O5S.3C2H6/c23-15-4-7-17-18(11-15)29-22(20(26)14-9-10-27-12-14)21(17)28-16-5-1-13(2-6-16)3-8-19(24)25;24-13-4-7-15-16(11-13)29-20(18(27)21-22-9-10-23-21)19(15)28-14-5-1-12(2-6-14)3-8-17(25)26;24-13-4-7-15-17(11-13)29-21(19(27)16-9-10-22-23-16)20(15)28-14-5-1-12(2-6-14)3-8-18(25)26;3*1-2/h1-12,23H,(H,24,25);2*1-11,24H,(H,22,23)(H,25,26);3*1-2H3/b3*8-3+;;;. The van der Waals surface area contributed by atoms with Gasteiger partial charge in [-0.15, -0.1) is 34.0 Å².